The van der Waals surface area contributed by atoms with Crippen molar-refractivity contribution < 1.29 is 0 Å². The van der Waals surface area contributed by atoms with E-state index in [0.717, 1.165) is 0 Å². The third-order valence-electron chi connectivity index (χ3n) is 11.5. The lowest BCUT2D eigenvalue weighted by Gasteiger charge is -2.23. The van der Waals surface area contributed by atoms with Gasteiger partial charge in [0.25, 0.3) is 0 Å². The smallest absolute Gasteiger partial charge is 0.0159 e. The Bertz CT molecular complexity index is 2820. The Morgan fingerprint density at radius 3 is 1.25 bits per heavy atom. The Morgan fingerprint density at radius 1 is 0.264 bits per heavy atom. The molecule has 0 radical (unpaired) electrons. The average Bonchev–Trinajstić information content (AvgIpc) is 3.45. The number of hydrogen-bond acceptors (Lipinski definition) is 0. The summed E-state index contributed by atoms with van der Waals surface area (Å²) in [5.41, 5.74) is 17.8. The van der Waals surface area contributed by atoms with Gasteiger partial charge in [-0.1, -0.05) is 190 Å². The predicted octanol–water partition coefficient (Wildman–Crippen LogP) is 14.6. The van der Waals surface area contributed by atoms with Gasteiger partial charge in [0, 0.05) is 5.41 Å². The van der Waals surface area contributed by atoms with E-state index in [0.29, 0.717) is 0 Å². The summed E-state index contributed by atoms with van der Waals surface area (Å²) in [5, 5.41) is 5.10. The summed E-state index contributed by atoms with van der Waals surface area (Å²) in [6.07, 6.45) is 0. The molecule has 0 spiro atoms. The standard InChI is InChI=1S/C53H38/c1-53(2)49-33-39(26-29-43(49)44-30-28-40(34-50(44)53)42-23-13-12-22-41(42)35-16-6-3-7-17-35)38-27-31-47-48(32-38)52(37-20-10-5-11-21-37)46-25-15-14-24-45(46)51(47)36-18-8-4-9-19-36/h3-34H,1-2H3. The number of benzene rings is 9. The number of hydrogen-bond donors (Lipinski definition) is 0. The Labute approximate surface area is 311 Å². The van der Waals surface area contributed by atoms with E-state index in [1.807, 2.05) is 0 Å². The molecule has 0 fully saturated rings. The SMILES string of the molecule is CC1(C)c2cc(-c3ccc4c(-c5ccccc5)c5ccccc5c(-c5ccccc5)c4c3)ccc2-c2ccc(-c3ccccc3-c3ccccc3)cc21. The molecule has 0 unspecified atom stereocenters. The van der Waals surface area contributed by atoms with Crippen LogP contribution in [-0.2, 0) is 5.41 Å². The van der Waals surface area contributed by atoms with Crippen molar-refractivity contribution in [3.05, 3.63) is 205 Å². The second kappa shape index (κ2) is 12.3. The molecule has 0 N–H and O–H groups in total. The summed E-state index contributed by atoms with van der Waals surface area (Å²) in [4.78, 5) is 0. The minimum Gasteiger partial charge on any atom is -0.0622 e. The van der Waals surface area contributed by atoms with Crippen LogP contribution in [0.1, 0.15) is 25.0 Å². The van der Waals surface area contributed by atoms with Crippen LogP contribution in [0.3, 0.4) is 0 Å². The van der Waals surface area contributed by atoms with Gasteiger partial charge in [0.05, 0.1) is 0 Å². The summed E-state index contributed by atoms with van der Waals surface area (Å²) in [7, 11) is 0. The van der Waals surface area contributed by atoms with E-state index in [2.05, 4.69) is 208 Å². The van der Waals surface area contributed by atoms with Crippen LogP contribution in [0.4, 0.5) is 0 Å². The maximum absolute atomic E-state index is 2.45. The molecule has 10 rings (SSSR count). The normalized spacial score (nSPS) is 12.9. The second-order valence-corrected chi connectivity index (χ2v) is 14.8. The van der Waals surface area contributed by atoms with E-state index in [-0.39, 0.29) is 5.41 Å². The first-order chi connectivity index (χ1) is 26.1. The minimum atomic E-state index is -0.152. The zero-order valence-corrected chi connectivity index (χ0v) is 30.0. The lowest BCUT2D eigenvalue weighted by molar-refractivity contribution is 0.661. The van der Waals surface area contributed by atoms with Crippen molar-refractivity contribution in [1.29, 1.82) is 0 Å². The highest BCUT2D eigenvalue weighted by Gasteiger charge is 2.36. The third-order valence-corrected chi connectivity index (χ3v) is 11.5. The van der Waals surface area contributed by atoms with Crippen molar-refractivity contribution in [3.8, 4) is 66.8 Å². The second-order valence-electron chi connectivity index (χ2n) is 14.8. The molecular weight excluding hydrogens is 637 g/mol. The molecule has 0 aromatic heterocycles. The van der Waals surface area contributed by atoms with Crippen molar-refractivity contribution in [2.45, 2.75) is 19.3 Å². The number of rotatable bonds is 5. The quantitative estimate of drug-likeness (QED) is 0.159. The van der Waals surface area contributed by atoms with E-state index < -0.39 is 0 Å². The Hall–Kier alpha value is -6.50. The highest BCUT2D eigenvalue weighted by Crippen LogP contribution is 2.52. The van der Waals surface area contributed by atoms with E-state index in [1.165, 1.54) is 99.4 Å². The first kappa shape index (κ1) is 31.3. The minimum absolute atomic E-state index is 0.152. The topological polar surface area (TPSA) is 0 Å². The first-order valence-electron chi connectivity index (χ1n) is 18.6. The van der Waals surface area contributed by atoms with E-state index in [1.54, 1.807) is 0 Å². The van der Waals surface area contributed by atoms with Crippen molar-refractivity contribution in [1.82, 2.24) is 0 Å². The van der Waals surface area contributed by atoms with Crippen molar-refractivity contribution >= 4 is 21.5 Å². The molecule has 9 aromatic rings. The lowest BCUT2D eigenvalue weighted by atomic mass is 9.80. The largest absolute Gasteiger partial charge is 0.0622 e. The Morgan fingerprint density at radius 2 is 0.660 bits per heavy atom. The van der Waals surface area contributed by atoms with Gasteiger partial charge < -0.3 is 0 Å². The van der Waals surface area contributed by atoms with Gasteiger partial charge >= 0.3 is 0 Å². The molecule has 0 nitrogen and oxygen atoms in total. The molecule has 0 aliphatic heterocycles. The average molecular weight is 675 g/mol. The molecule has 250 valence electrons. The summed E-state index contributed by atoms with van der Waals surface area (Å²) in [6.45, 7) is 4.78. The van der Waals surface area contributed by atoms with Gasteiger partial charge in [-0.15, -0.1) is 0 Å². The predicted molar refractivity (Wildman–Crippen MR) is 226 cm³/mol. The molecule has 0 saturated carbocycles. The maximum atomic E-state index is 2.45. The number of fused-ring (bicyclic) bond motifs is 5. The van der Waals surface area contributed by atoms with Crippen LogP contribution in [-0.4, -0.2) is 0 Å². The summed E-state index contributed by atoms with van der Waals surface area (Å²) in [5.74, 6) is 0. The third kappa shape index (κ3) is 5.06. The zero-order valence-electron chi connectivity index (χ0n) is 30.0. The zero-order chi connectivity index (χ0) is 35.5. The van der Waals surface area contributed by atoms with Gasteiger partial charge in [-0.2, -0.15) is 0 Å². The monoisotopic (exact) mass is 674 g/mol. The molecule has 1 aliphatic carbocycles. The summed E-state index contributed by atoms with van der Waals surface area (Å²) >= 11 is 0. The van der Waals surface area contributed by atoms with Gasteiger partial charge in [0.15, 0.2) is 0 Å². The fourth-order valence-corrected chi connectivity index (χ4v) is 8.88. The lowest BCUT2D eigenvalue weighted by Crippen LogP contribution is -2.15. The van der Waals surface area contributed by atoms with E-state index >= 15 is 0 Å². The maximum Gasteiger partial charge on any atom is 0.0159 e. The van der Waals surface area contributed by atoms with Crippen LogP contribution in [0.25, 0.3) is 88.3 Å². The fourth-order valence-electron chi connectivity index (χ4n) is 8.88. The molecule has 0 heteroatoms. The molecule has 1 aliphatic rings. The van der Waals surface area contributed by atoms with Crippen LogP contribution in [0.5, 0.6) is 0 Å². The van der Waals surface area contributed by atoms with Crippen LogP contribution in [0, 0.1) is 0 Å². The van der Waals surface area contributed by atoms with Crippen LogP contribution < -0.4 is 0 Å². The van der Waals surface area contributed by atoms with Crippen LogP contribution in [0.2, 0.25) is 0 Å². The van der Waals surface area contributed by atoms with Gasteiger partial charge in [-0.3, -0.25) is 0 Å². The van der Waals surface area contributed by atoms with Crippen molar-refractivity contribution in [3.63, 3.8) is 0 Å². The molecule has 0 heterocycles. The summed E-state index contributed by atoms with van der Waals surface area (Å²) < 4.78 is 0. The van der Waals surface area contributed by atoms with Crippen molar-refractivity contribution in [2.75, 3.05) is 0 Å². The molecule has 0 atom stereocenters. The first-order valence-corrected chi connectivity index (χ1v) is 18.6. The fraction of sp³-hybridized carbons (Fsp3) is 0.0566. The van der Waals surface area contributed by atoms with Gasteiger partial charge in [-0.05, 0) is 118 Å². The van der Waals surface area contributed by atoms with Crippen LogP contribution in [0.15, 0.2) is 194 Å². The van der Waals surface area contributed by atoms with Gasteiger partial charge in [0.1, 0.15) is 0 Å². The van der Waals surface area contributed by atoms with Gasteiger partial charge in [-0.25, -0.2) is 0 Å². The molecule has 0 bridgehead atoms. The Kier molecular flexibility index (Phi) is 7.27. The molecule has 0 amide bonds. The van der Waals surface area contributed by atoms with E-state index in [9.17, 15) is 0 Å². The Balaban J connectivity index is 1.13. The molecule has 0 saturated heterocycles. The molecule has 9 aromatic carbocycles. The summed E-state index contributed by atoms with van der Waals surface area (Å²) in [6, 6.07) is 71.5. The van der Waals surface area contributed by atoms with E-state index in [4.69, 9.17) is 0 Å². The molecule has 53 heavy (non-hydrogen) atoms. The van der Waals surface area contributed by atoms with Gasteiger partial charge in [0.2, 0.25) is 0 Å². The van der Waals surface area contributed by atoms with Crippen LogP contribution >= 0.6 is 0 Å². The molecular formula is C53H38. The highest BCUT2D eigenvalue weighted by atomic mass is 14.4. The highest BCUT2D eigenvalue weighted by molar-refractivity contribution is 6.22. The van der Waals surface area contributed by atoms with Crippen molar-refractivity contribution in [2.24, 2.45) is 0 Å².